The Hall–Kier alpha value is -3.22. The van der Waals surface area contributed by atoms with Gasteiger partial charge in [-0.3, -0.25) is 0 Å². The van der Waals surface area contributed by atoms with Crippen LogP contribution < -0.4 is 0 Å². The average Bonchev–Trinajstić information content (AvgIpc) is 3.26. The Bertz CT molecular complexity index is 1110. The van der Waals surface area contributed by atoms with E-state index in [0.29, 0.717) is 9.75 Å². The van der Waals surface area contributed by atoms with E-state index in [1.165, 1.54) is 34.8 Å². The van der Waals surface area contributed by atoms with Crippen LogP contribution in [0, 0.1) is 0 Å². The highest BCUT2D eigenvalue weighted by Crippen LogP contribution is 2.31. The highest BCUT2D eigenvalue weighted by atomic mass is 32.1. The summed E-state index contributed by atoms with van der Waals surface area (Å²) in [6, 6.07) is 19.1. The Balaban J connectivity index is 1.82. The molecule has 4 nitrogen and oxygen atoms in total. The second-order valence-corrected chi connectivity index (χ2v) is 8.33. The van der Waals surface area contributed by atoms with E-state index in [1.54, 1.807) is 0 Å². The molecule has 0 atom stereocenters. The smallest absolute Gasteiger partial charge is 0.336 e. The van der Waals surface area contributed by atoms with E-state index in [1.807, 2.05) is 60.7 Å². The third-order valence-corrected chi connectivity index (χ3v) is 6.34. The SMILES string of the molecule is O=C(O)C(=C/c1cc2ccccc2s1)/C(=C\c1cc2ccccc2s1)C(=O)O. The Morgan fingerprint density at radius 1 is 0.679 bits per heavy atom. The summed E-state index contributed by atoms with van der Waals surface area (Å²) in [6.45, 7) is 0. The fourth-order valence-corrected chi connectivity index (χ4v) is 4.96. The van der Waals surface area contributed by atoms with Crippen LogP contribution in [0.3, 0.4) is 0 Å². The molecule has 138 valence electrons. The molecule has 4 aromatic rings. The highest BCUT2D eigenvalue weighted by Gasteiger charge is 2.21. The van der Waals surface area contributed by atoms with E-state index in [-0.39, 0.29) is 11.1 Å². The standard InChI is InChI=1S/C22H14O4S2/c23-21(24)17(11-15-9-13-5-1-3-7-19(13)27-15)18(22(25)26)12-16-10-14-6-2-4-8-20(14)28-16/h1-12H,(H,23,24)(H,25,26)/b17-11+,18-12+. The number of thiophene rings is 2. The molecule has 6 heteroatoms. The van der Waals surface area contributed by atoms with Crippen molar-refractivity contribution >= 4 is 66.9 Å². The van der Waals surface area contributed by atoms with Gasteiger partial charge in [0, 0.05) is 19.2 Å². The van der Waals surface area contributed by atoms with Gasteiger partial charge < -0.3 is 10.2 Å². The van der Waals surface area contributed by atoms with Gasteiger partial charge in [0.2, 0.25) is 0 Å². The summed E-state index contributed by atoms with van der Waals surface area (Å²) in [4.78, 5) is 25.1. The maximum absolute atomic E-state index is 11.9. The number of carboxylic acid groups (broad SMARTS) is 2. The first-order chi connectivity index (χ1) is 13.5. The molecule has 0 saturated heterocycles. The molecule has 28 heavy (non-hydrogen) atoms. The first-order valence-electron chi connectivity index (χ1n) is 8.39. The van der Waals surface area contributed by atoms with E-state index in [2.05, 4.69) is 0 Å². The second-order valence-electron chi connectivity index (χ2n) is 6.10. The van der Waals surface area contributed by atoms with Crippen molar-refractivity contribution in [1.82, 2.24) is 0 Å². The fourth-order valence-electron chi connectivity index (χ4n) is 2.94. The van der Waals surface area contributed by atoms with Crippen LogP contribution in [-0.2, 0) is 9.59 Å². The largest absolute Gasteiger partial charge is 0.478 e. The van der Waals surface area contributed by atoms with Crippen molar-refractivity contribution in [1.29, 1.82) is 0 Å². The van der Waals surface area contributed by atoms with Crippen LogP contribution in [0.25, 0.3) is 32.3 Å². The lowest BCUT2D eigenvalue weighted by Gasteiger charge is -2.03. The van der Waals surface area contributed by atoms with Gasteiger partial charge in [-0.25, -0.2) is 9.59 Å². The van der Waals surface area contributed by atoms with E-state index in [0.717, 1.165) is 20.2 Å². The molecule has 0 unspecified atom stereocenters. The first kappa shape index (κ1) is 18.2. The minimum absolute atomic E-state index is 0.239. The van der Waals surface area contributed by atoms with Gasteiger partial charge in [-0.05, 0) is 47.2 Å². The van der Waals surface area contributed by atoms with Gasteiger partial charge >= 0.3 is 11.9 Å². The van der Waals surface area contributed by atoms with Crippen LogP contribution in [0.4, 0.5) is 0 Å². The summed E-state index contributed by atoms with van der Waals surface area (Å²) in [5.74, 6) is -2.54. The number of carboxylic acids is 2. The average molecular weight is 406 g/mol. The molecule has 0 spiro atoms. The molecule has 2 N–H and O–H groups in total. The van der Waals surface area contributed by atoms with Gasteiger partial charge in [-0.2, -0.15) is 0 Å². The summed E-state index contributed by atoms with van der Waals surface area (Å²) < 4.78 is 2.03. The number of aliphatic carboxylic acids is 2. The van der Waals surface area contributed by atoms with Gasteiger partial charge in [-0.15, -0.1) is 22.7 Å². The molecular weight excluding hydrogens is 392 g/mol. The summed E-state index contributed by atoms with van der Waals surface area (Å²) in [5, 5.41) is 21.4. The van der Waals surface area contributed by atoms with Crippen molar-refractivity contribution in [3.8, 4) is 0 Å². The lowest BCUT2D eigenvalue weighted by atomic mass is 10.0. The molecule has 0 saturated carbocycles. The highest BCUT2D eigenvalue weighted by molar-refractivity contribution is 7.20. The molecule has 2 aromatic carbocycles. The van der Waals surface area contributed by atoms with E-state index in [9.17, 15) is 19.8 Å². The number of fused-ring (bicyclic) bond motifs is 2. The van der Waals surface area contributed by atoms with Crippen molar-refractivity contribution in [3.63, 3.8) is 0 Å². The zero-order valence-corrected chi connectivity index (χ0v) is 16.1. The van der Waals surface area contributed by atoms with Crippen LogP contribution in [0.2, 0.25) is 0 Å². The summed E-state index contributed by atoms with van der Waals surface area (Å²) in [5.41, 5.74) is -0.479. The second kappa shape index (κ2) is 7.42. The molecule has 0 aliphatic heterocycles. The van der Waals surface area contributed by atoms with Crippen molar-refractivity contribution in [2.24, 2.45) is 0 Å². The Morgan fingerprint density at radius 2 is 1.07 bits per heavy atom. The normalized spacial score (nSPS) is 12.6. The van der Waals surface area contributed by atoms with E-state index < -0.39 is 11.9 Å². The zero-order valence-electron chi connectivity index (χ0n) is 14.5. The molecule has 0 aliphatic rings. The first-order valence-corrected chi connectivity index (χ1v) is 10.0. The third kappa shape index (κ3) is 3.60. The van der Waals surface area contributed by atoms with Crippen LogP contribution in [0.5, 0.6) is 0 Å². The molecular formula is C22H14O4S2. The zero-order chi connectivity index (χ0) is 19.7. The molecule has 0 amide bonds. The van der Waals surface area contributed by atoms with Crippen molar-refractivity contribution in [2.45, 2.75) is 0 Å². The number of benzene rings is 2. The van der Waals surface area contributed by atoms with Crippen LogP contribution in [-0.4, -0.2) is 22.2 Å². The molecule has 0 radical (unpaired) electrons. The van der Waals surface area contributed by atoms with Crippen LogP contribution in [0.15, 0.2) is 71.8 Å². The van der Waals surface area contributed by atoms with Crippen LogP contribution in [0.1, 0.15) is 9.75 Å². The Morgan fingerprint density at radius 3 is 1.43 bits per heavy atom. The predicted molar refractivity (Wildman–Crippen MR) is 115 cm³/mol. The van der Waals surface area contributed by atoms with Crippen molar-refractivity contribution in [3.05, 3.63) is 81.6 Å². The maximum Gasteiger partial charge on any atom is 0.336 e. The van der Waals surface area contributed by atoms with Crippen molar-refractivity contribution < 1.29 is 19.8 Å². The van der Waals surface area contributed by atoms with Crippen LogP contribution >= 0.6 is 22.7 Å². The monoisotopic (exact) mass is 406 g/mol. The molecule has 2 aromatic heterocycles. The molecule has 0 aliphatic carbocycles. The van der Waals surface area contributed by atoms with Gasteiger partial charge in [-0.1, -0.05) is 36.4 Å². The Kier molecular flexibility index (Phi) is 4.81. The maximum atomic E-state index is 11.9. The Labute approximate surface area is 168 Å². The predicted octanol–water partition coefficient (Wildman–Crippen LogP) is 5.75. The quantitative estimate of drug-likeness (QED) is 0.327. The minimum Gasteiger partial charge on any atom is -0.478 e. The lowest BCUT2D eigenvalue weighted by Crippen LogP contribution is -2.11. The van der Waals surface area contributed by atoms with Gasteiger partial charge in [0.25, 0.3) is 0 Å². The summed E-state index contributed by atoms with van der Waals surface area (Å²) in [7, 11) is 0. The molecule has 0 fully saturated rings. The summed E-state index contributed by atoms with van der Waals surface area (Å²) >= 11 is 2.85. The summed E-state index contributed by atoms with van der Waals surface area (Å²) in [6.07, 6.45) is 2.86. The number of hydrogen-bond acceptors (Lipinski definition) is 4. The molecule has 4 rings (SSSR count). The van der Waals surface area contributed by atoms with Gasteiger partial charge in [0.05, 0.1) is 11.1 Å². The van der Waals surface area contributed by atoms with E-state index >= 15 is 0 Å². The third-order valence-electron chi connectivity index (χ3n) is 4.21. The number of hydrogen-bond donors (Lipinski definition) is 2. The number of rotatable bonds is 5. The van der Waals surface area contributed by atoms with Gasteiger partial charge in [0.15, 0.2) is 0 Å². The van der Waals surface area contributed by atoms with E-state index in [4.69, 9.17) is 0 Å². The fraction of sp³-hybridized carbons (Fsp3) is 0. The van der Waals surface area contributed by atoms with Gasteiger partial charge in [0.1, 0.15) is 0 Å². The molecule has 2 heterocycles. The molecule has 0 bridgehead atoms. The minimum atomic E-state index is -1.27. The lowest BCUT2D eigenvalue weighted by molar-refractivity contribution is -0.136. The van der Waals surface area contributed by atoms with Crippen molar-refractivity contribution in [2.75, 3.05) is 0 Å². The number of carbonyl (C=O) groups is 2. The topological polar surface area (TPSA) is 74.6 Å².